The quantitative estimate of drug-likeness (QED) is 0.800. The molecule has 1 heterocycles. The summed E-state index contributed by atoms with van der Waals surface area (Å²) < 4.78 is 0. The average molecular weight is 289 g/mol. The van der Waals surface area contributed by atoms with Crippen molar-refractivity contribution < 1.29 is 14.7 Å². The van der Waals surface area contributed by atoms with Gasteiger partial charge in [0.15, 0.2) is 0 Å². The van der Waals surface area contributed by atoms with Gasteiger partial charge in [0.05, 0.1) is 12.0 Å². The second kappa shape index (κ2) is 6.88. The highest BCUT2D eigenvalue weighted by molar-refractivity contribution is 5.76. The van der Waals surface area contributed by atoms with Gasteiger partial charge in [-0.15, -0.1) is 0 Å². The number of rotatable bonds is 5. The minimum Gasteiger partial charge on any atom is -0.481 e. The lowest BCUT2D eigenvalue weighted by Crippen LogP contribution is -2.42. The van der Waals surface area contributed by atoms with E-state index in [4.69, 9.17) is 5.11 Å². The van der Waals surface area contributed by atoms with Gasteiger partial charge in [-0.25, -0.2) is 4.79 Å². The van der Waals surface area contributed by atoms with Crippen molar-refractivity contribution in [1.29, 1.82) is 0 Å². The third-order valence-electron chi connectivity index (χ3n) is 3.54. The number of nitrogens with one attached hydrogen (secondary N) is 1. The molecule has 6 heteroatoms. The van der Waals surface area contributed by atoms with Gasteiger partial charge in [-0.1, -0.05) is 12.2 Å². The van der Waals surface area contributed by atoms with Crippen molar-refractivity contribution in [1.82, 2.24) is 15.2 Å². The Morgan fingerprint density at radius 3 is 2.71 bits per heavy atom. The van der Waals surface area contributed by atoms with Crippen molar-refractivity contribution in [2.45, 2.75) is 18.9 Å². The number of nitrogens with zero attached hydrogens (tertiary/aromatic N) is 2. The van der Waals surface area contributed by atoms with Crippen LogP contribution in [-0.4, -0.2) is 46.6 Å². The van der Waals surface area contributed by atoms with E-state index in [1.54, 1.807) is 36.5 Å². The summed E-state index contributed by atoms with van der Waals surface area (Å²) in [5, 5.41) is 11.7. The molecule has 2 atom stereocenters. The lowest BCUT2D eigenvalue weighted by atomic mass is 10.1. The molecule has 6 nitrogen and oxygen atoms in total. The van der Waals surface area contributed by atoms with Gasteiger partial charge in [0.25, 0.3) is 0 Å². The van der Waals surface area contributed by atoms with Crippen LogP contribution >= 0.6 is 0 Å². The zero-order valence-electron chi connectivity index (χ0n) is 11.9. The molecule has 2 N–H and O–H groups in total. The monoisotopic (exact) mass is 289 g/mol. The molecular weight excluding hydrogens is 270 g/mol. The fourth-order valence-corrected chi connectivity index (χ4v) is 2.21. The van der Waals surface area contributed by atoms with E-state index in [0.717, 1.165) is 12.0 Å². The molecule has 2 unspecified atom stereocenters. The normalized spacial score (nSPS) is 20.2. The highest BCUT2D eigenvalue weighted by Crippen LogP contribution is 2.18. The van der Waals surface area contributed by atoms with E-state index in [1.165, 1.54) is 0 Å². The van der Waals surface area contributed by atoms with Crippen LogP contribution in [0.4, 0.5) is 4.79 Å². The SMILES string of the molecule is CN(CCc1ccncc1)C(=O)NC1C=CC(C(=O)O)C1. The topological polar surface area (TPSA) is 82.5 Å². The van der Waals surface area contributed by atoms with E-state index < -0.39 is 11.9 Å². The van der Waals surface area contributed by atoms with Crippen LogP contribution in [0.2, 0.25) is 0 Å². The molecule has 0 radical (unpaired) electrons. The number of carbonyl (C=O) groups excluding carboxylic acids is 1. The number of aliphatic carboxylic acids is 1. The summed E-state index contributed by atoms with van der Waals surface area (Å²) in [5.74, 6) is -1.36. The Balaban J connectivity index is 1.76. The number of hydrogen-bond donors (Lipinski definition) is 2. The largest absolute Gasteiger partial charge is 0.481 e. The standard InChI is InChI=1S/C15H19N3O3/c1-18(9-6-11-4-7-16-8-5-11)15(21)17-13-3-2-12(10-13)14(19)20/h2-5,7-8,12-13H,6,9-10H2,1H3,(H,17,21)(H,19,20). The molecule has 0 aliphatic heterocycles. The summed E-state index contributed by atoms with van der Waals surface area (Å²) in [6.07, 6.45) is 8.00. The fraction of sp³-hybridized carbons (Fsp3) is 0.400. The van der Waals surface area contributed by atoms with E-state index in [2.05, 4.69) is 10.3 Å². The minimum absolute atomic E-state index is 0.190. The number of carboxylic acid groups (broad SMARTS) is 1. The zero-order valence-corrected chi connectivity index (χ0v) is 11.9. The van der Waals surface area contributed by atoms with E-state index in [1.807, 2.05) is 12.1 Å². The summed E-state index contributed by atoms with van der Waals surface area (Å²) in [5.41, 5.74) is 1.12. The summed E-state index contributed by atoms with van der Waals surface area (Å²) in [4.78, 5) is 28.4. The van der Waals surface area contributed by atoms with E-state index in [9.17, 15) is 9.59 Å². The van der Waals surface area contributed by atoms with Gasteiger partial charge >= 0.3 is 12.0 Å². The number of pyridine rings is 1. The molecule has 1 aliphatic carbocycles. The van der Waals surface area contributed by atoms with Gasteiger partial charge in [0.1, 0.15) is 0 Å². The summed E-state index contributed by atoms with van der Waals surface area (Å²) in [7, 11) is 1.73. The molecule has 1 aromatic rings. The van der Waals surface area contributed by atoms with Crippen molar-refractivity contribution in [3.8, 4) is 0 Å². The molecular formula is C15H19N3O3. The third kappa shape index (κ3) is 4.30. The maximum absolute atomic E-state index is 12.0. The molecule has 1 aromatic heterocycles. The van der Waals surface area contributed by atoms with Crippen LogP contribution in [0.25, 0.3) is 0 Å². The smallest absolute Gasteiger partial charge is 0.317 e. The number of carboxylic acids is 1. The van der Waals surface area contributed by atoms with Crippen LogP contribution in [0.5, 0.6) is 0 Å². The summed E-state index contributed by atoms with van der Waals surface area (Å²) >= 11 is 0. The average Bonchev–Trinajstić information content (AvgIpc) is 2.94. The molecule has 2 amide bonds. The number of hydrogen-bond acceptors (Lipinski definition) is 3. The summed E-state index contributed by atoms with van der Waals surface area (Å²) in [6, 6.07) is 3.44. The number of aromatic nitrogens is 1. The first-order valence-electron chi connectivity index (χ1n) is 6.88. The van der Waals surface area contributed by atoms with Gasteiger partial charge in [0.2, 0.25) is 0 Å². The maximum atomic E-state index is 12.0. The fourth-order valence-electron chi connectivity index (χ4n) is 2.21. The molecule has 0 bridgehead atoms. The first-order valence-corrected chi connectivity index (χ1v) is 6.88. The lowest BCUT2D eigenvalue weighted by Gasteiger charge is -2.20. The first-order chi connectivity index (χ1) is 10.1. The molecule has 21 heavy (non-hydrogen) atoms. The lowest BCUT2D eigenvalue weighted by molar-refractivity contribution is -0.140. The van der Waals surface area contributed by atoms with Gasteiger partial charge in [-0.3, -0.25) is 9.78 Å². The molecule has 0 saturated carbocycles. The minimum atomic E-state index is -0.853. The van der Waals surface area contributed by atoms with Crippen LogP contribution in [0.3, 0.4) is 0 Å². The van der Waals surface area contributed by atoms with E-state index in [0.29, 0.717) is 13.0 Å². The molecule has 0 fully saturated rings. The number of carbonyl (C=O) groups is 2. The van der Waals surface area contributed by atoms with Gasteiger partial charge < -0.3 is 15.3 Å². The third-order valence-corrected chi connectivity index (χ3v) is 3.54. The van der Waals surface area contributed by atoms with Crippen molar-refractivity contribution in [3.05, 3.63) is 42.2 Å². The molecule has 2 rings (SSSR count). The zero-order chi connectivity index (χ0) is 15.2. The molecule has 0 saturated heterocycles. The van der Waals surface area contributed by atoms with Crippen LogP contribution in [0, 0.1) is 5.92 Å². The predicted molar refractivity (Wildman–Crippen MR) is 77.8 cm³/mol. The second-order valence-electron chi connectivity index (χ2n) is 5.15. The molecule has 0 aromatic carbocycles. The number of amides is 2. The maximum Gasteiger partial charge on any atom is 0.317 e. The number of urea groups is 1. The Hall–Kier alpha value is -2.37. The Bertz CT molecular complexity index is 530. The molecule has 1 aliphatic rings. The van der Waals surface area contributed by atoms with Crippen LogP contribution in [-0.2, 0) is 11.2 Å². The van der Waals surface area contributed by atoms with Crippen molar-refractivity contribution >= 4 is 12.0 Å². The van der Waals surface area contributed by atoms with Crippen molar-refractivity contribution in [3.63, 3.8) is 0 Å². The van der Waals surface area contributed by atoms with Gasteiger partial charge in [-0.05, 0) is 30.5 Å². The number of likely N-dealkylation sites (N-methyl/N-ethyl adjacent to an activating group) is 1. The van der Waals surface area contributed by atoms with Crippen LogP contribution < -0.4 is 5.32 Å². The Kier molecular flexibility index (Phi) is 4.92. The molecule has 0 spiro atoms. The van der Waals surface area contributed by atoms with E-state index >= 15 is 0 Å². The van der Waals surface area contributed by atoms with E-state index in [-0.39, 0.29) is 12.1 Å². The van der Waals surface area contributed by atoms with Crippen LogP contribution in [0.15, 0.2) is 36.7 Å². The summed E-state index contributed by atoms with van der Waals surface area (Å²) in [6.45, 7) is 0.592. The molecule has 112 valence electrons. The van der Waals surface area contributed by atoms with Crippen molar-refractivity contribution in [2.24, 2.45) is 5.92 Å². The van der Waals surface area contributed by atoms with Gasteiger partial charge in [0, 0.05) is 26.0 Å². The second-order valence-corrected chi connectivity index (χ2v) is 5.15. The predicted octanol–water partition coefficient (Wildman–Crippen LogP) is 1.29. The van der Waals surface area contributed by atoms with Gasteiger partial charge in [-0.2, -0.15) is 0 Å². The van der Waals surface area contributed by atoms with Crippen molar-refractivity contribution in [2.75, 3.05) is 13.6 Å². The highest BCUT2D eigenvalue weighted by atomic mass is 16.4. The Labute approximate surface area is 123 Å². The first kappa shape index (κ1) is 15.0. The Morgan fingerprint density at radius 1 is 1.38 bits per heavy atom. The Morgan fingerprint density at radius 2 is 2.10 bits per heavy atom. The highest BCUT2D eigenvalue weighted by Gasteiger charge is 2.25. The van der Waals surface area contributed by atoms with Crippen LogP contribution in [0.1, 0.15) is 12.0 Å².